The molecule has 0 aliphatic rings. The molecule has 3 N–H and O–H groups in total. The molecule has 0 amide bonds. The van der Waals surface area contributed by atoms with Crippen molar-refractivity contribution in [2.75, 3.05) is 5.73 Å². The molecule has 0 saturated heterocycles. The number of sulfonamides is 1. The van der Waals surface area contributed by atoms with Crippen molar-refractivity contribution in [3.63, 3.8) is 0 Å². The van der Waals surface area contributed by atoms with E-state index in [-0.39, 0.29) is 23.9 Å². The van der Waals surface area contributed by atoms with Crippen molar-refractivity contribution in [1.82, 2.24) is 4.72 Å². The predicted molar refractivity (Wildman–Crippen MR) is 102 cm³/mol. The van der Waals surface area contributed by atoms with E-state index < -0.39 is 10.0 Å². The van der Waals surface area contributed by atoms with Crippen LogP contribution >= 0.6 is 0 Å². The largest absolute Gasteiger partial charge is 0.489 e. The van der Waals surface area contributed by atoms with Gasteiger partial charge in [-0.25, -0.2) is 17.5 Å². The van der Waals surface area contributed by atoms with Gasteiger partial charge in [-0.2, -0.15) is 0 Å². The number of hydrogen-bond donors (Lipinski definition) is 2. The summed E-state index contributed by atoms with van der Waals surface area (Å²) in [4.78, 5) is 0.140. The topological polar surface area (TPSA) is 81.4 Å². The van der Waals surface area contributed by atoms with Crippen LogP contribution in [0.4, 0.5) is 10.1 Å². The zero-order valence-electron chi connectivity index (χ0n) is 14.4. The van der Waals surface area contributed by atoms with Crippen LogP contribution in [0.25, 0.3) is 0 Å². The minimum absolute atomic E-state index is 0.0757. The van der Waals surface area contributed by atoms with Gasteiger partial charge in [0.25, 0.3) is 0 Å². The summed E-state index contributed by atoms with van der Waals surface area (Å²) >= 11 is 0. The Balaban J connectivity index is 1.68. The Kier molecular flexibility index (Phi) is 5.73. The van der Waals surface area contributed by atoms with E-state index in [0.717, 1.165) is 5.56 Å². The van der Waals surface area contributed by atoms with Crippen molar-refractivity contribution in [2.24, 2.45) is 0 Å². The van der Waals surface area contributed by atoms with Gasteiger partial charge in [0.15, 0.2) is 0 Å². The van der Waals surface area contributed by atoms with E-state index >= 15 is 0 Å². The maximum absolute atomic E-state index is 13.0. The first kappa shape index (κ1) is 18.9. The molecule has 0 unspecified atom stereocenters. The van der Waals surface area contributed by atoms with Crippen molar-refractivity contribution in [1.29, 1.82) is 0 Å². The van der Waals surface area contributed by atoms with Crippen LogP contribution in [0.5, 0.6) is 5.75 Å². The molecule has 140 valence electrons. The van der Waals surface area contributed by atoms with Gasteiger partial charge >= 0.3 is 0 Å². The number of para-hydroxylation sites is 1. The van der Waals surface area contributed by atoms with Crippen LogP contribution in [0.15, 0.2) is 77.7 Å². The third-order valence-corrected chi connectivity index (χ3v) is 5.34. The Labute approximate surface area is 157 Å². The van der Waals surface area contributed by atoms with Crippen LogP contribution < -0.4 is 15.2 Å². The van der Waals surface area contributed by atoms with Gasteiger partial charge in [0.2, 0.25) is 10.0 Å². The van der Waals surface area contributed by atoms with Crippen LogP contribution in [-0.2, 0) is 23.2 Å². The van der Waals surface area contributed by atoms with Gasteiger partial charge in [-0.05, 0) is 48.0 Å². The molecule has 3 aromatic rings. The Hall–Kier alpha value is -2.90. The van der Waals surface area contributed by atoms with E-state index in [1.54, 1.807) is 36.4 Å². The minimum Gasteiger partial charge on any atom is -0.489 e. The zero-order chi connectivity index (χ0) is 19.3. The molecule has 0 aliphatic carbocycles. The minimum atomic E-state index is -3.67. The summed E-state index contributed by atoms with van der Waals surface area (Å²) in [6.45, 7) is 0.328. The molecule has 0 atom stereocenters. The molecule has 0 fully saturated rings. The first-order valence-electron chi connectivity index (χ1n) is 8.24. The fraction of sp³-hybridized carbons (Fsp3) is 0.100. The van der Waals surface area contributed by atoms with Gasteiger partial charge < -0.3 is 10.5 Å². The van der Waals surface area contributed by atoms with Crippen LogP contribution in [0.3, 0.4) is 0 Å². The fourth-order valence-corrected chi connectivity index (χ4v) is 3.44. The summed E-state index contributed by atoms with van der Waals surface area (Å²) in [6, 6.07) is 19.1. The monoisotopic (exact) mass is 386 g/mol. The molecular formula is C20H19FN2O3S. The van der Waals surface area contributed by atoms with Gasteiger partial charge in [0.1, 0.15) is 18.2 Å². The highest BCUT2D eigenvalue weighted by molar-refractivity contribution is 7.89. The third-order valence-electron chi connectivity index (χ3n) is 3.92. The Bertz CT molecular complexity index is 1000. The standard InChI is InChI=1S/C20H19FN2O3S/c21-17-7-5-15(6-8-17)14-26-20-4-2-1-3-16(20)13-23-27(24,25)19-11-9-18(22)10-12-19/h1-12,23H,13-14,22H2. The van der Waals surface area contributed by atoms with E-state index in [0.29, 0.717) is 17.0 Å². The number of rotatable bonds is 7. The summed E-state index contributed by atoms with van der Waals surface area (Å²) in [6.07, 6.45) is 0. The number of ether oxygens (including phenoxy) is 1. The second-order valence-electron chi connectivity index (χ2n) is 5.92. The molecule has 7 heteroatoms. The summed E-state index contributed by atoms with van der Waals surface area (Å²) < 4.78 is 46.1. The molecule has 0 spiro atoms. The predicted octanol–water partition coefficient (Wildman–Crippen LogP) is 3.47. The first-order valence-corrected chi connectivity index (χ1v) is 9.73. The summed E-state index contributed by atoms with van der Waals surface area (Å²) in [5, 5.41) is 0. The lowest BCUT2D eigenvalue weighted by Gasteiger charge is -2.13. The second-order valence-corrected chi connectivity index (χ2v) is 7.68. The zero-order valence-corrected chi connectivity index (χ0v) is 15.2. The van der Waals surface area contributed by atoms with Gasteiger partial charge in [-0.15, -0.1) is 0 Å². The molecular weight excluding hydrogens is 367 g/mol. The molecule has 3 aromatic carbocycles. The van der Waals surface area contributed by atoms with Crippen LogP contribution in [0.1, 0.15) is 11.1 Å². The van der Waals surface area contributed by atoms with Crippen molar-refractivity contribution >= 4 is 15.7 Å². The highest BCUT2D eigenvalue weighted by Gasteiger charge is 2.14. The highest BCUT2D eigenvalue weighted by Crippen LogP contribution is 2.20. The normalized spacial score (nSPS) is 11.3. The molecule has 5 nitrogen and oxygen atoms in total. The number of nitrogens with one attached hydrogen (secondary N) is 1. The molecule has 0 heterocycles. The van der Waals surface area contributed by atoms with E-state index in [2.05, 4.69) is 4.72 Å². The fourth-order valence-electron chi connectivity index (χ4n) is 2.44. The second kappa shape index (κ2) is 8.20. The van der Waals surface area contributed by atoms with Crippen LogP contribution in [-0.4, -0.2) is 8.42 Å². The van der Waals surface area contributed by atoms with Crippen LogP contribution in [0, 0.1) is 5.82 Å². The van der Waals surface area contributed by atoms with Crippen molar-refractivity contribution in [3.8, 4) is 5.75 Å². The molecule has 27 heavy (non-hydrogen) atoms. The number of benzene rings is 3. The van der Waals surface area contributed by atoms with Gasteiger partial charge in [0, 0.05) is 17.8 Å². The lowest BCUT2D eigenvalue weighted by atomic mass is 10.2. The summed E-state index contributed by atoms with van der Waals surface area (Å²) in [5.41, 5.74) is 7.59. The lowest BCUT2D eigenvalue weighted by molar-refractivity contribution is 0.302. The summed E-state index contributed by atoms with van der Waals surface area (Å²) in [7, 11) is -3.67. The maximum Gasteiger partial charge on any atom is 0.240 e. The Morgan fingerprint density at radius 2 is 1.59 bits per heavy atom. The number of hydrogen-bond acceptors (Lipinski definition) is 4. The Morgan fingerprint density at radius 1 is 0.926 bits per heavy atom. The van der Waals surface area contributed by atoms with E-state index in [4.69, 9.17) is 10.5 Å². The van der Waals surface area contributed by atoms with Crippen LogP contribution in [0.2, 0.25) is 0 Å². The summed E-state index contributed by atoms with van der Waals surface area (Å²) in [5.74, 6) is 0.248. The molecule has 0 bridgehead atoms. The van der Waals surface area contributed by atoms with Crippen molar-refractivity contribution in [2.45, 2.75) is 18.0 Å². The molecule has 0 aromatic heterocycles. The average Bonchev–Trinajstić information content (AvgIpc) is 2.67. The smallest absolute Gasteiger partial charge is 0.240 e. The molecule has 0 aliphatic heterocycles. The van der Waals surface area contributed by atoms with E-state index in [1.165, 1.54) is 36.4 Å². The third kappa shape index (κ3) is 5.06. The first-order chi connectivity index (χ1) is 12.9. The number of nitrogens with two attached hydrogens (primary N) is 1. The van der Waals surface area contributed by atoms with Crippen molar-refractivity contribution in [3.05, 3.63) is 89.7 Å². The molecule has 0 radical (unpaired) electrons. The number of halogens is 1. The maximum atomic E-state index is 13.0. The highest BCUT2D eigenvalue weighted by atomic mass is 32.2. The SMILES string of the molecule is Nc1ccc(S(=O)(=O)NCc2ccccc2OCc2ccc(F)cc2)cc1. The lowest BCUT2D eigenvalue weighted by Crippen LogP contribution is -2.23. The molecule has 3 rings (SSSR count). The van der Waals surface area contributed by atoms with Gasteiger partial charge in [-0.1, -0.05) is 30.3 Å². The van der Waals surface area contributed by atoms with E-state index in [1.807, 2.05) is 0 Å². The molecule has 0 saturated carbocycles. The average molecular weight is 386 g/mol. The Morgan fingerprint density at radius 3 is 2.30 bits per heavy atom. The number of nitrogen functional groups attached to an aromatic ring is 1. The number of anilines is 1. The quantitative estimate of drug-likeness (QED) is 0.609. The van der Waals surface area contributed by atoms with Gasteiger partial charge in [0.05, 0.1) is 4.90 Å². The van der Waals surface area contributed by atoms with Crippen molar-refractivity contribution < 1.29 is 17.5 Å². The van der Waals surface area contributed by atoms with E-state index in [9.17, 15) is 12.8 Å². The van der Waals surface area contributed by atoms with Gasteiger partial charge in [-0.3, -0.25) is 0 Å².